The average Bonchev–Trinajstić information content (AvgIpc) is 3.13. The van der Waals surface area contributed by atoms with E-state index >= 15 is 0 Å². The summed E-state index contributed by atoms with van der Waals surface area (Å²) in [6.45, 7) is 0.157. The fraction of sp³-hybridized carbons (Fsp3) is 0.421. The van der Waals surface area contributed by atoms with E-state index in [1.165, 1.54) is 13.4 Å². The molecule has 0 spiro atoms. The van der Waals surface area contributed by atoms with Crippen LogP contribution in [0.3, 0.4) is 0 Å². The van der Waals surface area contributed by atoms with E-state index < -0.39 is 5.97 Å². The summed E-state index contributed by atoms with van der Waals surface area (Å²) >= 11 is 12.1. The lowest BCUT2D eigenvalue weighted by molar-refractivity contribution is 0.0590. The lowest BCUT2D eigenvalue weighted by Crippen LogP contribution is -2.41. The highest BCUT2D eigenvalue weighted by Gasteiger charge is 2.28. The first-order valence-corrected chi connectivity index (χ1v) is 9.53. The summed E-state index contributed by atoms with van der Waals surface area (Å²) < 4.78 is 10.0. The number of aromatic nitrogens is 1. The summed E-state index contributed by atoms with van der Waals surface area (Å²) in [6.07, 6.45) is 6.33. The van der Waals surface area contributed by atoms with Crippen LogP contribution in [0.1, 0.15) is 58.8 Å². The van der Waals surface area contributed by atoms with Gasteiger partial charge in [0.25, 0.3) is 5.91 Å². The zero-order valence-corrected chi connectivity index (χ0v) is 16.4. The number of methoxy groups -OCH3 is 1. The van der Waals surface area contributed by atoms with Gasteiger partial charge in [-0.25, -0.2) is 9.78 Å². The van der Waals surface area contributed by atoms with Gasteiger partial charge in [0, 0.05) is 21.7 Å². The maximum atomic E-state index is 13.2. The van der Waals surface area contributed by atoms with E-state index in [9.17, 15) is 9.59 Å². The van der Waals surface area contributed by atoms with Gasteiger partial charge in [-0.15, -0.1) is 0 Å². The molecule has 0 aliphatic heterocycles. The number of ether oxygens (including phenoxy) is 1. The van der Waals surface area contributed by atoms with Crippen molar-refractivity contribution in [3.05, 3.63) is 51.7 Å². The molecular formula is C19H20Cl2N2O4. The number of carbonyl (C=O) groups is 2. The molecule has 6 nitrogen and oxygen atoms in total. The lowest BCUT2D eigenvalue weighted by atomic mass is 9.93. The Hall–Kier alpha value is -2.05. The first kappa shape index (κ1) is 19.7. The van der Waals surface area contributed by atoms with Crippen molar-refractivity contribution < 1.29 is 18.7 Å². The van der Waals surface area contributed by atoms with Crippen molar-refractivity contribution in [3.8, 4) is 0 Å². The Kier molecular flexibility index (Phi) is 6.39. The Bertz CT molecular complexity index is 811. The van der Waals surface area contributed by atoms with Crippen LogP contribution in [0.2, 0.25) is 10.0 Å². The molecule has 1 aromatic carbocycles. The van der Waals surface area contributed by atoms with Crippen LogP contribution in [0.15, 0.2) is 28.9 Å². The zero-order chi connectivity index (χ0) is 19.4. The van der Waals surface area contributed by atoms with Gasteiger partial charge < -0.3 is 14.1 Å². The molecule has 0 N–H and O–H groups in total. The fourth-order valence-corrected chi connectivity index (χ4v) is 3.86. The molecule has 3 rings (SSSR count). The van der Waals surface area contributed by atoms with Gasteiger partial charge in [0.05, 0.1) is 13.7 Å². The van der Waals surface area contributed by atoms with Crippen LogP contribution in [0.4, 0.5) is 0 Å². The minimum Gasteiger partial charge on any atom is -0.464 e. The first-order valence-electron chi connectivity index (χ1n) is 8.77. The molecule has 0 radical (unpaired) electrons. The number of carbonyl (C=O) groups excluding carboxylic acids is 2. The molecule has 1 saturated carbocycles. The number of halogens is 2. The van der Waals surface area contributed by atoms with Crippen LogP contribution in [-0.2, 0) is 11.3 Å². The van der Waals surface area contributed by atoms with Crippen molar-refractivity contribution >= 4 is 35.1 Å². The monoisotopic (exact) mass is 410 g/mol. The third kappa shape index (κ3) is 4.82. The molecule has 144 valence electrons. The van der Waals surface area contributed by atoms with Crippen LogP contribution < -0.4 is 0 Å². The molecule has 1 fully saturated rings. The molecule has 1 heterocycles. The van der Waals surface area contributed by atoms with Crippen LogP contribution in [0, 0.1) is 0 Å². The van der Waals surface area contributed by atoms with E-state index in [1.807, 2.05) is 0 Å². The van der Waals surface area contributed by atoms with E-state index in [1.54, 1.807) is 23.1 Å². The number of hydrogen-bond acceptors (Lipinski definition) is 5. The highest BCUT2D eigenvalue weighted by atomic mass is 35.5. The molecule has 1 amide bonds. The van der Waals surface area contributed by atoms with Gasteiger partial charge in [-0.05, 0) is 31.0 Å². The van der Waals surface area contributed by atoms with Gasteiger partial charge in [-0.1, -0.05) is 42.5 Å². The average molecular weight is 411 g/mol. The minimum atomic E-state index is -0.581. The molecule has 0 saturated heterocycles. The number of nitrogens with zero attached hydrogens (tertiary/aromatic N) is 2. The van der Waals surface area contributed by atoms with Crippen molar-refractivity contribution in [1.82, 2.24) is 9.88 Å². The van der Waals surface area contributed by atoms with Crippen molar-refractivity contribution in [1.29, 1.82) is 0 Å². The van der Waals surface area contributed by atoms with Crippen LogP contribution in [0.5, 0.6) is 0 Å². The third-order valence-electron chi connectivity index (χ3n) is 4.64. The minimum absolute atomic E-state index is 0.0671. The Morgan fingerprint density at radius 1 is 1.19 bits per heavy atom. The largest absolute Gasteiger partial charge is 0.464 e. The SMILES string of the molecule is COC(=O)c1coc(CN(C(=O)c2cc(Cl)cc(Cl)c2)C2CCCCC2)n1. The Balaban J connectivity index is 1.87. The molecule has 2 aromatic rings. The van der Waals surface area contributed by atoms with Crippen molar-refractivity contribution in [2.24, 2.45) is 0 Å². The van der Waals surface area contributed by atoms with Crippen molar-refractivity contribution in [2.45, 2.75) is 44.7 Å². The normalized spacial score (nSPS) is 14.8. The first-order chi connectivity index (χ1) is 13.0. The fourth-order valence-electron chi connectivity index (χ4n) is 3.33. The van der Waals surface area contributed by atoms with E-state index in [0.717, 1.165) is 32.1 Å². The molecule has 0 unspecified atom stereocenters. The van der Waals surface area contributed by atoms with Gasteiger partial charge >= 0.3 is 5.97 Å². The highest BCUT2D eigenvalue weighted by molar-refractivity contribution is 6.35. The summed E-state index contributed by atoms with van der Waals surface area (Å²) in [5.74, 6) is -0.492. The number of esters is 1. The number of amides is 1. The second-order valence-electron chi connectivity index (χ2n) is 6.50. The maximum Gasteiger partial charge on any atom is 0.360 e. The number of oxazole rings is 1. The molecule has 27 heavy (non-hydrogen) atoms. The van der Waals surface area contributed by atoms with Gasteiger partial charge in [-0.2, -0.15) is 0 Å². The molecule has 1 aliphatic carbocycles. The van der Waals surface area contributed by atoms with E-state index in [0.29, 0.717) is 15.6 Å². The third-order valence-corrected chi connectivity index (χ3v) is 5.07. The van der Waals surface area contributed by atoms with Gasteiger partial charge in [0.1, 0.15) is 6.26 Å². The zero-order valence-electron chi connectivity index (χ0n) is 14.9. The Labute approximate surface area is 167 Å². The predicted molar refractivity (Wildman–Crippen MR) is 101 cm³/mol. The van der Waals surface area contributed by atoms with Gasteiger partial charge in [-0.3, -0.25) is 4.79 Å². The topological polar surface area (TPSA) is 72.6 Å². The molecule has 0 atom stereocenters. The Morgan fingerprint density at radius 2 is 1.85 bits per heavy atom. The summed E-state index contributed by atoms with van der Waals surface area (Å²) in [7, 11) is 1.28. The second-order valence-corrected chi connectivity index (χ2v) is 7.37. The summed E-state index contributed by atoms with van der Waals surface area (Å²) in [6, 6.07) is 4.85. The van der Waals surface area contributed by atoms with E-state index in [-0.39, 0.29) is 30.1 Å². The van der Waals surface area contributed by atoms with Crippen molar-refractivity contribution in [3.63, 3.8) is 0 Å². The molecule has 0 bridgehead atoms. The van der Waals surface area contributed by atoms with E-state index in [2.05, 4.69) is 9.72 Å². The smallest absolute Gasteiger partial charge is 0.360 e. The quantitative estimate of drug-likeness (QED) is 0.665. The number of rotatable bonds is 5. The summed E-state index contributed by atoms with van der Waals surface area (Å²) in [5.41, 5.74) is 0.493. The molecule has 8 heteroatoms. The number of hydrogen-bond donors (Lipinski definition) is 0. The molecule has 1 aliphatic rings. The number of benzene rings is 1. The summed E-state index contributed by atoms with van der Waals surface area (Å²) in [5, 5.41) is 0.803. The van der Waals surface area contributed by atoms with Crippen LogP contribution in [-0.4, -0.2) is 34.9 Å². The van der Waals surface area contributed by atoms with Crippen LogP contribution in [0.25, 0.3) is 0 Å². The molecular weight excluding hydrogens is 391 g/mol. The van der Waals surface area contributed by atoms with Gasteiger partial charge in [0.15, 0.2) is 5.69 Å². The van der Waals surface area contributed by atoms with E-state index in [4.69, 9.17) is 27.6 Å². The highest BCUT2D eigenvalue weighted by Crippen LogP contribution is 2.27. The maximum absolute atomic E-state index is 13.2. The van der Waals surface area contributed by atoms with Gasteiger partial charge in [0.2, 0.25) is 5.89 Å². The second kappa shape index (κ2) is 8.76. The molecule has 1 aromatic heterocycles. The van der Waals surface area contributed by atoms with Crippen LogP contribution >= 0.6 is 23.2 Å². The standard InChI is InChI=1S/C19H20Cl2N2O4/c1-26-19(25)16-11-27-17(22-16)10-23(15-5-3-2-4-6-15)18(24)12-7-13(20)9-14(21)8-12/h7-9,11,15H,2-6,10H2,1H3. The van der Waals surface area contributed by atoms with Crippen molar-refractivity contribution in [2.75, 3.05) is 7.11 Å². The Morgan fingerprint density at radius 3 is 2.48 bits per heavy atom. The predicted octanol–water partition coefficient (Wildman–Crippen LogP) is 4.74. The summed E-state index contributed by atoms with van der Waals surface area (Å²) in [4.78, 5) is 30.7. The lowest BCUT2D eigenvalue weighted by Gasteiger charge is -2.33.